The van der Waals surface area contributed by atoms with E-state index < -0.39 is 5.82 Å². The van der Waals surface area contributed by atoms with E-state index >= 15 is 0 Å². The Balaban J connectivity index is 1.38. The average molecular weight is 562 g/mol. The number of thiophene rings is 1. The zero-order valence-electron chi connectivity index (χ0n) is 21.2. The third kappa shape index (κ3) is 6.28. The minimum absolute atomic E-state index is 0.0168. The summed E-state index contributed by atoms with van der Waals surface area (Å²) in [5.41, 5.74) is 1.90. The second-order valence-corrected chi connectivity index (χ2v) is 12.4. The van der Waals surface area contributed by atoms with Gasteiger partial charge in [-0.2, -0.15) is 5.26 Å². The van der Waals surface area contributed by atoms with Crippen molar-refractivity contribution >= 4 is 45.6 Å². The first-order valence-electron chi connectivity index (χ1n) is 12.1. The van der Waals surface area contributed by atoms with Crippen molar-refractivity contribution in [2.75, 3.05) is 11.1 Å². The van der Waals surface area contributed by atoms with Crippen molar-refractivity contribution in [1.82, 2.24) is 14.8 Å². The Morgan fingerprint density at radius 3 is 2.86 bits per heavy atom. The van der Waals surface area contributed by atoms with Crippen molar-refractivity contribution in [2.24, 2.45) is 11.3 Å². The van der Waals surface area contributed by atoms with Gasteiger partial charge in [0.25, 0.3) is 0 Å². The summed E-state index contributed by atoms with van der Waals surface area (Å²) in [4.78, 5) is 14.0. The smallest absolute Gasteiger partial charge is 0.235 e. The van der Waals surface area contributed by atoms with Gasteiger partial charge in [-0.1, -0.05) is 44.1 Å². The molecule has 0 radical (unpaired) electrons. The molecule has 1 aliphatic carbocycles. The summed E-state index contributed by atoms with van der Waals surface area (Å²) in [6.45, 7) is 9.43. The maximum absolute atomic E-state index is 13.4. The lowest BCUT2D eigenvalue weighted by Gasteiger charge is -2.33. The van der Waals surface area contributed by atoms with Crippen LogP contribution in [0.4, 0.5) is 9.39 Å². The average Bonchev–Trinajstić information content (AvgIpc) is 3.41. The van der Waals surface area contributed by atoms with Gasteiger partial charge in [0, 0.05) is 17.5 Å². The number of amides is 1. The van der Waals surface area contributed by atoms with Gasteiger partial charge < -0.3 is 14.6 Å². The molecule has 0 saturated carbocycles. The Bertz CT molecular complexity index is 1340. The van der Waals surface area contributed by atoms with E-state index in [0.717, 1.165) is 24.8 Å². The first-order chi connectivity index (χ1) is 17.6. The van der Waals surface area contributed by atoms with Crippen LogP contribution in [0.3, 0.4) is 0 Å². The summed E-state index contributed by atoms with van der Waals surface area (Å²) < 4.78 is 20.9. The van der Waals surface area contributed by atoms with Gasteiger partial charge >= 0.3 is 0 Å². The number of hydrogen-bond acceptors (Lipinski definition) is 7. The molecule has 1 aliphatic rings. The summed E-state index contributed by atoms with van der Waals surface area (Å²) in [7, 11) is 0. The fourth-order valence-electron chi connectivity index (χ4n) is 4.39. The predicted molar refractivity (Wildman–Crippen MR) is 145 cm³/mol. The lowest BCUT2D eigenvalue weighted by Crippen LogP contribution is -2.26. The topological polar surface area (TPSA) is 92.8 Å². The molecule has 7 nitrogen and oxygen atoms in total. The van der Waals surface area contributed by atoms with E-state index in [-0.39, 0.29) is 28.7 Å². The molecular formula is C26H29ClFN5O2S2. The lowest BCUT2D eigenvalue weighted by molar-refractivity contribution is -0.113. The highest BCUT2D eigenvalue weighted by Gasteiger charge is 2.32. The standard InChI is InChI=1S/C26H29ClFN5O2S2/c1-5-33-22(13-35-16-7-9-20(28)19(27)11-16)31-32-25(33)36-14-23(34)30-24-18(12-29)17-8-6-15(26(2,3)4)10-21(17)37-24/h7,9,11,15H,5-6,8,10,13-14H2,1-4H3,(H,30,34). The Morgan fingerprint density at radius 1 is 1.41 bits per heavy atom. The zero-order chi connectivity index (χ0) is 26.7. The number of thioether (sulfide) groups is 1. The number of ether oxygens (including phenoxy) is 1. The van der Waals surface area contributed by atoms with E-state index in [4.69, 9.17) is 16.3 Å². The first kappa shape index (κ1) is 27.4. The van der Waals surface area contributed by atoms with Crippen LogP contribution in [-0.4, -0.2) is 26.4 Å². The largest absolute Gasteiger partial charge is 0.486 e. The quantitative estimate of drug-likeness (QED) is 0.316. The van der Waals surface area contributed by atoms with Crippen LogP contribution in [0.1, 0.15) is 55.9 Å². The summed E-state index contributed by atoms with van der Waals surface area (Å²) in [5.74, 6) is 0.981. The number of fused-ring (bicyclic) bond motifs is 1. The Morgan fingerprint density at radius 2 is 2.19 bits per heavy atom. The second-order valence-electron chi connectivity index (χ2n) is 9.97. The van der Waals surface area contributed by atoms with Crippen molar-refractivity contribution in [2.45, 2.75) is 65.3 Å². The van der Waals surface area contributed by atoms with Gasteiger partial charge in [0.2, 0.25) is 5.91 Å². The zero-order valence-corrected chi connectivity index (χ0v) is 23.6. The molecule has 0 fully saturated rings. The number of carbonyl (C=O) groups excluding carboxylic acids is 1. The van der Waals surface area contributed by atoms with Gasteiger partial charge in [-0.25, -0.2) is 4.39 Å². The second kappa shape index (κ2) is 11.4. The van der Waals surface area contributed by atoms with Crippen LogP contribution < -0.4 is 10.1 Å². The summed E-state index contributed by atoms with van der Waals surface area (Å²) in [5, 5.41) is 22.3. The van der Waals surface area contributed by atoms with Crippen LogP contribution in [0.2, 0.25) is 5.02 Å². The number of aromatic nitrogens is 3. The SMILES string of the molecule is CCn1c(COc2ccc(F)c(Cl)c2)nnc1SCC(=O)Nc1sc2c(c1C#N)CCC(C(C)(C)C)C2. The van der Waals surface area contributed by atoms with Crippen molar-refractivity contribution in [3.8, 4) is 11.8 Å². The number of rotatable bonds is 8. The van der Waals surface area contributed by atoms with Gasteiger partial charge in [-0.3, -0.25) is 4.79 Å². The molecule has 37 heavy (non-hydrogen) atoms. The Labute approximate surface area is 229 Å². The molecule has 1 atom stereocenters. The van der Waals surface area contributed by atoms with Crippen LogP contribution in [0, 0.1) is 28.5 Å². The molecule has 2 aromatic heterocycles. The Hall–Kier alpha value is -2.61. The molecule has 3 aromatic rings. The molecule has 1 amide bonds. The highest BCUT2D eigenvalue weighted by atomic mass is 35.5. The molecule has 2 heterocycles. The molecule has 0 saturated heterocycles. The highest BCUT2D eigenvalue weighted by Crippen LogP contribution is 2.44. The van der Waals surface area contributed by atoms with E-state index in [1.807, 2.05) is 11.5 Å². The highest BCUT2D eigenvalue weighted by molar-refractivity contribution is 7.99. The van der Waals surface area contributed by atoms with Crippen molar-refractivity contribution in [3.05, 3.63) is 50.9 Å². The van der Waals surface area contributed by atoms with Gasteiger partial charge in [0.05, 0.1) is 16.3 Å². The normalized spacial score (nSPS) is 15.2. The molecule has 1 unspecified atom stereocenters. The number of carbonyl (C=O) groups is 1. The lowest BCUT2D eigenvalue weighted by atomic mass is 9.72. The molecule has 1 aromatic carbocycles. The van der Waals surface area contributed by atoms with Gasteiger partial charge in [0.15, 0.2) is 11.0 Å². The van der Waals surface area contributed by atoms with Crippen LogP contribution >= 0.6 is 34.7 Å². The number of nitriles is 1. The molecule has 4 rings (SSSR count). The number of nitrogens with zero attached hydrogens (tertiary/aromatic N) is 4. The van der Waals surface area contributed by atoms with Crippen LogP contribution in [0.5, 0.6) is 5.75 Å². The van der Waals surface area contributed by atoms with Crippen LogP contribution in [0.25, 0.3) is 0 Å². The van der Waals surface area contributed by atoms with E-state index in [9.17, 15) is 14.4 Å². The number of halogens is 2. The molecule has 0 spiro atoms. The molecular weight excluding hydrogens is 533 g/mol. The Kier molecular flexibility index (Phi) is 8.46. The molecule has 0 bridgehead atoms. The molecule has 11 heteroatoms. The molecule has 1 N–H and O–H groups in total. The third-order valence-electron chi connectivity index (χ3n) is 6.56. The van der Waals surface area contributed by atoms with Gasteiger partial charge in [-0.15, -0.1) is 21.5 Å². The van der Waals surface area contributed by atoms with E-state index in [2.05, 4.69) is 42.4 Å². The van der Waals surface area contributed by atoms with Gasteiger partial charge in [0.1, 0.15) is 29.2 Å². The maximum atomic E-state index is 13.4. The van der Waals surface area contributed by atoms with Crippen molar-refractivity contribution in [3.63, 3.8) is 0 Å². The van der Waals surface area contributed by atoms with E-state index in [1.54, 1.807) is 0 Å². The predicted octanol–water partition coefficient (Wildman–Crippen LogP) is 6.48. The fraction of sp³-hybridized carbons (Fsp3) is 0.462. The maximum Gasteiger partial charge on any atom is 0.235 e. The van der Waals surface area contributed by atoms with E-state index in [0.29, 0.717) is 39.8 Å². The molecule has 196 valence electrons. The number of nitrogens with one attached hydrogen (secondary N) is 1. The van der Waals surface area contributed by atoms with Crippen molar-refractivity contribution < 1.29 is 13.9 Å². The summed E-state index contributed by atoms with van der Waals surface area (Å²) >= 11 is 8.61. The monoisotopic (exact) mass is 561 g/mol. The number of anilines is 1. The van der Waals surface area contributed by atoms with Crippen LogP contribution in [-0.2, 0) is 30.8 Å². The third-order valence-corrected chi connectivity index (χ3v) is 8.98. The molecule has 0 aliphatic heterocycles. The minimum Gasteiger partial charge on any atom is -0.486 e. The fourth-order valence-corrected chi connectivity index (χ4v) is 6.67. The summed E-state index contributed by atoms with van der Waals surface area (Å²) in [6, 6.07) is 6.46. The number of hydrogen-bond donors (Lipinski definition) is 1. The van der Waals surface area contributed by atoms with Crippen molar-refractivity contribution in [1.29, 1.82) is 5.26 Å². The van der Waals surface area contributed by atoms with Gasteiger partial charge in [-0.05, 0) is 55.2 Å². The first-order valence-corrected chi connectivity index (χ1v) is 14.3. The van der Waals surface area contributed by atoms with Crippen LogP contribution in [0.15, 0.2) is 23.4 Å². The number of benzene rings is 1. The summed E-state index contributed by atoms with van der Waals surface area (Å²) in [6.07, 6.45) is 2.87. The minimum atomic E-state index is -0.513. The van der Waals surface area contributed by atoms with E-state index in [1.165, 1.54) is 46.2 Å².